The van der Waals surface area contributed by atoms with Crippen LogP contribution in [0.1, 0.15) is 112 Å². The molecule has 1 aliphatic carbocycles. The van der Waals surface area contributed by atoms with Crippen LogP contribution >= 0.6 is 0 Å². The summed E-state index contributed by atoms with van der Waals surface area (Å²) in [5.74, 6) is -8.63. The van der Waals surface area contributed by atoms with E-state index in [9.17, 15) is 39.3 Å². The SMILES string of the molecule is COC1CC(/C=C(\C)C2OC(=O)C3CCCCN3C(=O)C(=O)C3(O)OC(C(OC)CC(C)C/C(C)=C/C(CC(C)=O)C(=O)CC(O)C2C)C(OC)CC3C)CCC1O. The number of aliphatic hydroxyl groups is 3. The number of Topliss-reactive ketones (excluding diaryl/α,β-unsaturated/α-hetero) is 3. The number of methoxy groups -OCH3 is 3. The average Bonchev–Trinajstić information content (AvgIpc) is 3.18. The van der Waals surface area contributed by atoms with Gasteiger partial charge in [0.1, 0.15) is 29.8 Å². The van der Waals surface area contributed by atoms with Gasteiger partial charge in [-0.25, -0.2) is 4.79 Å². The number of ether oxygens (including phenoxy) is 5. The fraction of sp³-hybridized carbons (Fsp3) is 0.795. The van der Waals surface area contributed by atoms with Crippen LogP contribution in [-0.2, 0) is 47.7 Å². The second-order valence-electron chi connectivity index (χ2n) is 17.7. The number of rotatable bonds is 7. The van der Waals surface area contributed by atoms with E-state index in [0.29, 0.717) is 50.5 Å². The zero-order valence-corrected chi connectivity index (χ0v) is 36.0. The van der Waals surface area contributed by atoms with Crippen LogP contribution in [0.2, 0.25) is 0 Å². The lowest BCUT2D eigenvalue weighted by Gasteiger charge is -2.47. The van der Waals surface area contributed by atoms with Crippen LogP contribution in [-0.4, -0.2) is 132 Å². The molecule has 3 fully saturated rings. The Morgan fingerprint density at radius 2 is 1.55 bits per heavy atom. The summed E-state index contributed by atoms with van der Waals surface area (Å²) in [6.07, 6.45) is 1.97. The Labute approximate surface area is 344 Å². The zero-order chi connectivity index (χ0) is 43.1. The minimum Gasteiger partial charge on any atom is -0.456 e. The summed E-state index contributed by atoms with van der Waals surface area (Å²) in [6.45, 7) is 10.4. The summed E-state index contributed by atoms with van der Waals surface area (Å²) in [7, 11) is 4.55. The molecular weight excluding hydrogens is 750 g/mol. The molecule has 4 rings (SSSR count). The molecule has 1 saturated carbocycles. The maximum absolute atomic E-state index is 14.3. The molecule has 14 atom stereocenters. The van der Waals surface area contributed by atoms with E-state index in [2.05, 4.69) is 0 Å². The lowest BCUT2D eigenvalue weighted by Crippen LogP contribution is -2.64. The number of allylic oxidation sites excluding steroid dienone is 3. The van der Waals surface area contributed by atoms with E-state index >= 15 is 0 Å². The maximum Gasteiger partial charge on any atom is 0.329 e. The Morgan fingerprint density at radius 1 is 0.897 bits per heavy atom. The summed E-state index contributed by atoms with van der Waals surface area (Å²) in [6, 6.07) is -1.17. The topological polar surface area (TPSA) is 195 Å². The van der Waals surface area contributed by atoms with Crippen molar-refractivity contribution in [3.8, 4) is 0 Å². The number of fused-ring (bicyclic) bond motifs is 3. The van der Waals surface area contributed by atoms with Gasteiger partial charge in [-0.15, -0.1) is 0 Å². The van der Waals surface area contributed by atoms with Gasteiger partial charge in [0.05, 0.1) is 30.5 Å². The van der Waals surface area contributed by atoms with Gasteiger partial charge in [0.2, 0.25) is 5.79 Å². The maximum atomic E-state index is 14.3. The number of cyclic esters (lactones) is 1. The number of carbonyl (C=O) groups is 5. The number of nitrogens with zero attached hydrogens (tertiary/aromatic N) is 1. The van der Waals surface area contributed by atoms with Gasteiger partial charge in [0.15, 0.2) is 0 Å². The van der Waals surface area contributed by atoms with E-state index in [1.807, 2.05) is 19.9 Å². The molecule has 3 heterocycles. The van der Waals surface area contributed by atoms with Crippen LogP contribution in [0, 0.1) is 29.6 Å². The van der Waals surface area contributed by atoms with Crippen LogP contribution in [0.4, 0.5) is 0 Å². The van der Waals surface area contributed by atoms with Crippen molar-refractivity contribution in [3.63, 3.8) is 0 Å². The molecule has 0 aromatic rings. The van der Waals surface area contributed by atoms with Gasteiger partial charge in [-0.3, -0.25) is 19.2 Å². The van der Waals surface area contributed by atoms with Crippen molar-refractivity contribution in [2.75, 3.05) is 27.9 Å². The van der Waals surface area contributed by atoms with Crippen molar-refractivity contribution < 1.29 is 63.0 Å². The molecule has 14 unspecified atom stereocenters. The average molecular weight is 820 g/mol. The number of hydrogen-bond donors (Lipinski definition) is 3. The van der Waals surface area contributed by atoms with Crippen molar-refractivity contribution in [1.29, 1.82) is 0 Å². The Morgan fingerprint density at radius 3 is 2.19 bits per heavy atom. The van der Waals surface area contributed by atoms with Crippen molar-refractivity contribution in [3.05, 3.63) is 23.3 Å². The third kappa shape index (κ3) is 11.5. The molecule has 0 spiro atoms. The van der Waals surface area contributed by atoms with Gasteiger partial charge in [-0.05, 0) is 96.0 Å². The zero-order valence-electron chi connectivity index (χ0n) is 36.0. The molecule has 328 valence electrons. The minimum absolute atomic E-state index is 0.0403. The first-order valence-corrected chi connectivity index (χ1v) is 21.1. The third-order valence-electron chi connectivity index (χ3n) is 13.0. The fourth-order valence-corrected chi connectivity index (χ4v) is 9.53. The van der Waals surface area contributed by atoms with E-state index in [4.69, 9.17) is 23.7 Å². The van der Waals surface area contributed by atoms with Gasteiger partial charge >= 0.3 is 5.97 Å². The van der Waals surface area contributed by atoms with E-state index in [0.717, 1.165) is 10.5 Å². The van der Waals surface area contributed by atoms with E-state index in [1.54, 1.807) is 34.0 Å². The summed E-state index contributed by atoms with van der Waals surface area (Å²) >= 11 is 0. The number of aliphatic hydroxyl groups excluding tert-OH is 2. The quantitative estimate of drug-likeness (QED) is 0.189. The molecule has 3 N–H and O–H groups in total. The lowest BCUT2D eigenvalue weighted by atomic mass is 9.81. The van der Waals surface area contributed by atoms with Crippen molar-refractivity contribution >= 4 is 29.2 Å². The summed E-state index contributed by atoms with van der Waals surface area (Å²) in [5, 5.41) is 34.2. The van der Waals surface area contributed by atoms with Gasteiger partial charge in [-0.1, -0.05) is 38.5 Å². The molecule has 1 amide bonds. The highest BCUT2D eigenvalue weighted by molar-refractivity contribution is 6.39. The van der Waals surface area contributed by atoms with Gasteiger partial charge in [-0.2, -0.15) is 0 Å². The second-order valence-corrected chi connectivity index (χ2v) is 17.7. The van der Waals surface area contributed by atoms with Gasteiger partial charge in [0.25, 0.3) is 11.7 Å². The van der Waals surface area contributed by atoms with Crippen molar-refractivity contribution in [2.45, 2.75) is 167 Å². The number of piperidine rings is 1. The predicted molar refractivity (Wildman–Crippen MR) is 213 cm³/mol. The Bertz CT molecular complexity index is 1530. The highest BCUT2D eigenvalue weighted by atomic mass is 16.7. The molecular formula is C44H69NO13. The number of amides is 1. The summed E-state index contributed by atoms with van der Waals surface area (Å²) < 4.78 is 29.7. The monoisotopic (exact) mass is 819 g/mol. The van der Waals surface area contributed by atoms with Crippen LogP contribution in [0.15, 0.2) is 23.3 Å². The fourth-order valence-electron chi connectivity index (χ4n) is 9.53. The first-order chi connectivity index (χ1) is 27.3. The van der Waals surface area contributed by atoms with Crippen LogP contribution < -0.4 is 0 Å². The van der Waals surface area contributed by atoms with Crippen LogP contribution in [0.3, 0.4) is 0 Å². The molecule has 14 nitrogen and oxygen atoms in total. The largest absolute Gasteiger partial charge is 0.456 e. The summed E-state index contributed by atoms with van der Waals surface area (Å²) in [5.41, 5.74) is 1.46. The third-order valence-corrected chi connectivity index (χ3v) is 13.0. The van der Waals surface area contributed by atoms with Crippen LogP contribution in [0.5, 0.6) is 0 Å². The standard InChI is InChI=1S/C44H69NO13/c1-24-16-25(2)18-37(55-8)40-38(56-9)20-27(4)44(53,58-40)41(50)42(51)45-15-11-10-12-32(45)43(52)57-39(26(3)19-30-13-14-33(47)36(22-30)54-7)29(6)34(48)23-35(49)31(17-24)21-28(5)46/h17,19,25,27,29-34,36-40,47-48,53H,10-16,18,20-23H2,1-9H3/b24-17+,26-19+. The first-order valence-electron chi connectivity index (χ1n) is 21.1. The molecule has 58 heavy (non-hydrogen) atoms. The normalized spacial score (nSPS) is 40.5. The van der Waals surface area contributed by atoms with Crippen molar-refractivity contribution in [2.24, 2.45) is 29.6 Å². The second kappa shape index (κ2) is 21.1. The number of esters is 1. The van der Waals surface area contributed by atoms with Gasteiger partial charge in [0, 0.05) is 58.5 Å². The van der Waals surface area contributed by atoms with E-state index in [-0.39, 0.29) is 61.7 Å². The molecule has 0 aromatic heterocycles. The molecule has 4 aliphatic rings. The summed E-state index contributed by atoms with van der Waals surface area (Å²) in [4.78, 5) is 70.3. The number of hydrogen-bond acceptors (Lipinski definition) is 13. The molecule has 0 aromatic carbocycles. The number of carbonyl (C=O) groups excluding carboxylic acids is 5. The number of ketones is 3. The molecule has 0 radical (unpaired) electrons. The highest BCUT2D eigenvalue weighted by Gasteiger charge is 2.56. The van der Waals surface area contributed by atoms with E-state index < -0.39 is 83.9 Å². The Kier molecular flexibility index (Phi) is 17.4. The smallest absolute Gasteiger partial charge is 0.329 e. The van der Waals surface area contributed by atoms with Crippen LogP contribution in [0.25, 0.3) is 0 Å². The van der Waals surface area contributed by atoms with Gasteiger partial charge < -0.3 is 43.9 Å². The predicted octanol–water partition coefficient (Wildman–Crippen LogP) is 4.04. The van der Waals surface area contributed by atoms with E-state index in [1.165, 1.54) is 21.1 Å². The highest BCUT2D eigenvalue weighted by Crippen LogP contribution is 2.39. The Balaban J connectivity index is 1.79. The van der Waals surface area contributed by atoms with Crippen molar-refractivity contribution in [1.82, 2.24) is 4.90 Å². The lowest BCUT2D eigenvalue weighted by molar-refractivity contribution is -0.302. The Hall–Kier alpha value is -2.85. The molecule has 2 bridgehead atoms. The minimum atomic E-state index is -2.54. The molecule has 2 saturated heterocycles. The molecule has 14 heteroatoms. The molecule has 3 aliphatic heterocycles. The first kappa shape index (κ1) is 47.8.